The molecule has 2 fully saturated rings. The van der Waals surface area contributed by atoms with Gasteiger partial charge in [-0.15, -0.1) is 0 Å². The Labute approximate surface area is 76.7 Å². The number of rotatable bonds is 2. The summed E-state index contributed by atoms with van der Waals surface area (Å²) in [6, 6.07) is 0. The molecule has 0 aliphatic heterocycles. The molecule has 12 heavy (non-hydrogen) atoms. The average Bonchev–Trinajstić information content (AvgIpc) is 2.14. The summed E-state index contributed by atoms with van der Waals surface area (Å²) >= 11 is 0. The molecule has 0 aromatic heterocycles. The third kappa shape index (κ3) is 1.84. The first kappa shape index (κ1) is 8.59. The van der Waals surface area contributed by atoms with E-state index in [1.807, 2.05) is 0 Å². The lowest BCUT2D eigenvalue weighted by Crippen LogP contribution is -2.26. The first-order chi connectivity index (χ1) is 5.86. The van der Waals surface area contributed by atoms with Crippen LogP contribution in [0.25, 0.3) is 0 Å². The summed E-state index contributed by atoms with van der Waals surface area (Å²) in [4.78, 5) is 0. The zero-order chi connectivity index (χ0) is 8.39. The van der Waals surface area contributed by atoms with Gasteiger partial charge in [-0.3, -0.25) is 0 Å². The highest BCUT2D eigenvalue weighted by Crippen LogP contribution is 2.41. The fourth-order valence-corrected chi connectivity index (χ4v) is 2.94. The zero-order valence-electron chi connectivity index (χ0n) is 8.39. The van der Waals surface area contributed by atoms with E-state index >= 15 is 0 Å². The van der Waals surface area contributed by atoms with E-state index in [0.717, 1.165) is 17.8 Å². The Balaban J connectivity index is 1.70. The van der Waals surface area contributed by atoms with E-state index in [1.54, 1.807) is 19.3 Å². The maximum atomic E-state index is 2.44. The summed E-state index contributed by atoms with van der Waals surface area (Å²) < 4.78 is 0. The molecule has 0 heteroatoms. The van der Waals surface area contributed by atoms with E-state index in [1.165, 1.54) is 32.1 Å². The van der Waals surface area contributed by atoms with E-state index < -0.39 is 0 Å². The van der Waals surface area contributed by atoms with Gasteiger partial charge in [0.15, 0.2) is 0 Å². The van der Waals surface area contributed by atoms with Gasteiger partial charge in [-0.2, -0.15) is 0 Å². The molecule has 0 saturated heterocycles. The van der Waals surface area contributed by atoms with Crippen molar-refractivity contribution in [2.45, 2.75) is 58.3 Å². The van der Waals surface area contributed by atoms with E-state index in [9.17, 15) is 0 Å². The summed E-state index contributed by atoms with van der Waals surface area (Å²) in [6.07, 6.45) is 12.3. The molecule has 0 amide bonds. The van der Waals surface area contributed by atoms with E-state index in [-0.39, 0.29) is 0 Å². The van der Waals surface area contributed by atoms with Crippen LogP contribution in [0.1, 0.15) is 58.3 Å². The molecule has 70 valence electrons. The van der Waals surface area contributed by atoms with Gasteiger partial charge >= 0.3 is 0 Å². The molecular weight excluding hydrogens is 144 g/mol. The van der Waals surface area contributed by atoms with Crippen molar-refractivity contribution in [2.75, 3.05) is 0 Å². The minimum absolute atomic E-state index is 1.06. The molecule has 2 rings (SSSR count). The highest BCUT2D eigenvalue weighted by molar-refractivity contribution is 4.80. The fraction of sp³-hybridized carbons (Fsp3) is 1.00. The molecule has 2 aliphatic carbocycles. The summed E-state index contributed by atoms with van der Waals surface area (Å²) in [5, 5.41) is 0. The molecule has 2 atom stereocenters. The fourth-order valence-electron chi connectivity index (χ4n) is 2.94. The van der Waals surface area contributed by atoms with Gasteiger partial charge in [0, 0.05) is 0 Å². The van der Waals surface area contributed by atoms with Crippen molar-refractivity contribution >= 4 is 0 Å². The molecule has 2 aliphatic rings. The van der Waals surface area contributed by atoms with E-state index in [0.29, 0.717) is 0 Å². The Morgan fingerprint density at radius 3 is 2.17 bits per heavy atom. The number of hydrogen-bond donors (Lipinski definition) is 0. The topological polar surface area (TPSA) is 0 Å². The molecule has 0 aromatic rings. The Morgan fingerprint density at radius 2 is 1.67 bits per heavy atom. The lowest BCUT2D eigenvalue weighted by atomic mass is 9.69. The second kappa shape index (κ2) is 3.81. The average molecular weight is 166 g/mol. The lowest BCUT2D eigenvalue weighted by Gasteiger charge is -2.37. The van der Waals surface area contributed by atoms with Gasteiger partial charge in [0.2, 0.25) is 0 Å². The van der Waals surface area contributed by atoms with Crippen LogP contribution < -0.4 is 0 Å². The maximum absolute atomic E-state index is 2.44. The molecule has 2 saturated carbocycles. The summed E-state index contributed by atoms with van der Waals surface area (Å²) in [6.45, 7) is 2.44. The normalized spacial score (nSPS) is 37.8. The number of hydrogen-bond acceptors (Lipinski definition) is 0. The molecule has 0 radical (unpaired) electrons. The van der Waals surface area contributed by atoms with Crippen LogP contribution in [0.4, 0.5) is 0 Å². The van der Waals surface area contributed by atoms with Crippen molar-refractivity contribution in [1.82, 2.24) is 0 Å². The standard InChI is InChI=1S/C12H22/c1-10-7-8-12(10)9-11-5-3-2-4-6-11/h10-12H,2-9H2,1H3. The van der Waals surface area contributed by atoms with Gasteiger partial charge in [-0.1, -0.05) is 45.4 Å². The predicted molar refractivity (Wildman–Crippen MR) is 53.1 cm³/mol. The van der Waals surface area contributed by atoms with Crippen molar-refractivity contribution in [1.29, 1.82) is 0 Å². The van der Waals surface area contributed by atoms with Crippen LogP contribution in [0.5, 0.6) is 0 Å². The monoisotopic (exact) mass is 166 g/mol. The Bertz CT molecular complexity index is 133. The van der Waals surface area contributed by atoms with Crippen molar-refractivity contribution in [3.8, 4) is 0 Å². The van der Waals surface area contributed by atoms with Gasteiger partial charge in [-0.25, -0.2) is 0 Å². The molecule has 0 heterocycles. The molecule has 2 unspecified atom stereocenters. The van der Waals surface area contributed by atoms with Gasteiger partial charge in [0.25, 0.3) is 0 Å². The molecular formula is C12H22. The lowest BCUT2D eigenvalue weighted by molar-refractivity contribution is 0.142. The van der Waals surface area contributed by atoms with Gasteiger partial charge in [0.05, 0.1) is 0 Å². The molecule has 0 aromatic carbocycles. The summed E-state index contributed by atoms with van der Waals surface area (Å²) in [5.41, 5.74) is 0. The summed E-state index contributed by atoms with van der Waals surface area (Å²) in [5.74, 6) is 3.30. The van der Waals surface area contributed by atoms with Gasteiger partial charge in [-0.05, 0) is 30.6 Å². The van der Waals surface area contributed by atoms with Crippen molar-refractivity contribution in [2.24, 2.45) is 17.8 Å². The zero-order valence-corrected chi connectivity index (χ0v) is 8.39. The van der Waals surface area contributed by atoms with Crippen LogP contribution in [0.2, 0.25) is 0 Å². The van der Waals surface area contributed by atoms with Crippen molar-refractivity contribution in [3.05, 3.63) is 0 Å². The highest BCUT2D eigenvalue weighted by Gasteiger charge is 2.29. The molecule has 0 N–H and O–H groups in total. The highest BCUT2D eigenvalue weighted by atomic mass is 14.3. The van der Waals surface area contributed by atoms with Crippen LogP contribution in [0.15, 0.2) is 0 Å². The van der Waals surface area contributed by atoms with Crippen LogP contribution in [-0.2, 0) is 0 Å². The van der Waals surface area contributed by atoms with Gasteiger partial charge in [0.1, 0.15) is 0 Å². The predicted octanol–water partition coefficient (Wildman–Crippen LogP) is 4.00. The van der Waals surface area contributed by atoms with Gasteiger partial charge < -0.3 is 0 Å². The van der Waals surface area contributed by atoms with E-state index in [4.69, 9.17) is 0 Å². The Kier molecular flexibility index (Phi) is 2.73. The summed E-state index contributed by atoms with van der Waals surface area (Å²) in [7, 11) is 0. The first-order valence-corrected chi connectivity index (χ1v) is 5.86. The largest absolute Gasteiger partial charge is 0.0622 e. The van der Waals surface area contributed by atoms with E-state index in [2.05, 4.69) is 6.92 Å². The van der Waals surface area contributed by atoms with Crippen LogP contribution in [0.3, 0.4) is 0 Å². The van der Waals surface area contributed by atoms with Crippen molar-refractivity contribution < 1.29 is 0 Å². The SMILES string of the molecule is CC1CCC1CC1CCCCC1. The third-order valence-corrected chi connectivity index (χ3v) is 4.16. The second-order valence-electron chi connectivity index (χ2n) is 5.05. The molecule has 0 spiro atoms. The maximum Gasteiger partial charge on any atom is -0.0386 e. The molecule has 0 nitrogen and oxygen atoms in total. The molecule has 0 bridgehead atoms. The quantitative estimate of drug-likeness (QED) is 0.581. The van der Waals surface area contributed by atoms with Crippen LogP contribution in [0, 0.1) is 17.8 Å². The second-order valence-corrected chi connectivity index (χ2v) is 5.05. The minimum Gasteiger partial charge on any atom is -0.0622 e. The minimum atomic E-state index is 1.06. The van der Waals surface area contributed by atoms with Crippen LogP contribution in [-0.4, -0.2) is 0 Å². The smallest absolute Gasteiger partial charge is 0.0386 e. The Hall–Kier alpha value is 0. The third-order valence-electron chi connectivity index (χ3n) is 4.16. The van der Waals surface area contributed by atoms with Crippen molar-refractivity contribution in [3.63, 3.8) is 0 Å². The Morgan fingerprint density at radius 1 is 0.917 bits per heavy atom. The first-order valence-electron chi connectivity index (χ1n) is 5.86. The van der Waals surface area contributed by atoms with Crippen LogP contribution >= 0.6 is 0 Å².